The largest absolute Gasteiger partial charge is 0.573 e. The molecule has 1 amide bonds. The second kappa shape index (κ2) is 6.91. The van der Waals surface area contributed by atoms with Crippen molar-refractivity contribution in [1.82, 2.24) is 0 Å². The van der Waals surface area contributed by atoms with E-state index in [0.717, 1.165) is 11.0 Å². The van der Waals surface area contributed by atoms with E-state index in [4.69, 9.17) is 0 Å². The summed E-state index contributed by atoms with van der Waals surface area (Å²) in [5, 5.41) is 9.36. The molecule has 0 fully saturated rings. The molecule has 4 nitrogen and oxygen atoms in total. The number of carbonyl (C=O) groups is 1. The van der Waals surface area contributed by atoms with E-state index in [0.29, 0.717) is 10.0 Å². The number of benzene rings is 2. The Bertz CT molecular complexity index is 692. The molecule has 0 aliphatic rings. The average molecular weight is 390 g/mol. The van der Waals surface area contributed by atoms with Crippen molar-refractivity contribution in [3.63, 3.8) is 0 Å². The Morgan fingerprint density at radius 1 is 1.17 bits per heavy atom. The normalized spacial score (nSPS) is 11.1. The van der Waals surface area contributed by atoms with Crippen LogP contribution in [0.3, 0.4) is 0 Å². The first kappa shape index (κ1) is 17.1. The molecule has 1 N–H and O–H groups in total. The Morgan fingerprint density at radius 3 is 2.39 bits per heavy atom. The Kier molecular flexibility index (Phi) is 5.15. The van der Waals surface area contributed by atoms with E-state index in [1.165, 1.54) is 12.1 Å². The minimum Gasteiger partial charge on any atom is -0.465 e. The smallest absolute Gasteiger partial charge is 0.465 e. The highest BCUT2D eigenvalue weighted by Gasteiger charge is 2.33. The van der Waals surface area contributed by atoms with Crippen molar-refractivity contribution in [2.24, 2.45) is 0 Å². The molecule has 2 aromatic rings. The molecule has 0 unspecified atom stereocenters. The molecule has 23 heavy (non-hydrogen) atoms. The summed E-state index contributed by atoms with van der Waals surface area (Å²) in [6.07, 6.45) is -6.31. The van der Waals surface area contributed by atoms with Gasteiger partial charge in [-0.1, -0.05) is 46.3 Å². The van der Waals surface area contributed by atoms with Gasteiger partial charge in [0.05, 0.1) is 12.2 Å². The zero-order chi connectivity index (χ0) is 17.0. The molecule has 0 saturated heterocycles. The Hall–Kier alpha value is -2.22. The van der Waals surface area contributed by atoms with Gasteiger partial charge >= 0.3 is 12.5 Å². The fourth-order valence-electron chi connectivity index (χ4n) is 1.94. The summed E-state index contributed by atoms with van der Waals surface area (Å²) in [7, 11) is 0. The number of amides is 1. The van der Waals surface area contributed by atoms with Crippen LogP contribution < -0.4 is 9.64 Å². The van der Waals surface area contributed by atoms with Crippen LogP contribution in [0.1, 0.15) is 5.56 Å². The van der Waals surface area contributed by atoms with Crippen molar-refractivity contribution in [2.45, 2.75) is 12.9 Å². The zero-order valence-corrected chi connectivity index (χ0v) is 13.1. The van der Waals surface area contributed by atoms with Crippen LogP contribution in [0.25, 0.3) is 0 Å². The quantitative estimate of drug-likeness (QED) is 0.797. The summed E-state index contributed by atoms with van der Waals surface area (Å²) >= 11 is 3.04. The molecule has 2 aromatic carbocycles. The van der Waals surface area contributed by atoms with E-state index in [1.54, 1.807) is 30.3 Å². The third-order valence-corrected chi connectivity index (χ3v) is 3.35. The number of halogens is 4. The number of hydrogen-bond donors (Lipinski definition) is 1. The third kappa shape index (κ3) is 4.88. The molecule has 0 atom stereocenters. The minimum absolute atomic E-state index is 0.105. The molecule has 2 rings (SSSR count). The molecule has 8 heteroatoms. The highest BCUT2D eigenvalue weighted by atomic mass is 79.9. The number of carboxylic acid groups (broad SMARTS) is 1. The topological polar surface area (TPSA) is 49.8 Å². The van der Waals surface area contributed by atoms with Crippen molar-refractivity contribution in [3.8, 4) is 5.75 Å². The fraction of sp³-hybridized carbons (Fsp3) is 0.133. The lowest BCUT2D eigenvalue weighted by Crippen LogP contribution is -2.30. The van der Waals surface area contributed by atoms with Gasteiger partial charge < -0.3 is 9.84 Å². The van der Waals surface area contributed by atoms with E-state index < -0.39 is 18.2 Å². The van der Waals surface area contributed by atoms with Gasteiger partial charge in [0.15, 0.2) is 5.75 Å². The summed E-state index contributed by atoms with van der Waals surface area (Å²) in [6, 6.07) is 12.3. The lowest BCUT2D eigenvalue weighted by Gasteiger charge is -2.23. The molecule has 0 bridgehead atoms. The monoisotopic (exact) mass is 389 g/mol. The fourth-order valence-corrected chi connectivity index (χ4v) is 2.28. The molecule has 122 valence electrons. The predicted molar refractivity (Wildman–Crippen MR) is 81.5 cm³/mol. The standard InChI is InChI=1S/C15H11BrF3NO3/c16-11-6-7-12(13(8-11)23-15(17,18)19)20(14(21)22)9-10-4-2-1-3-5-10/h1-8H,9H2,(H,21,22). The molecule has 0 radical (unpaired) electrons. The highest BCUT2D eigenvalue weighted by Crippen LogP contribution is 2.36. The van der Waals surface area contributed by atoms with Crippen LogP contribution >= 0.6 is 15.9 Å². The lowest BCUT2D eigenvalue weighted by molar-refractivity contribution is -0.274. The first-order valence-corrected chi connectivity index (χ1v) is 7.15. The SMILES string of the molecule is O=C(O)N(Cc1ccccc1)c1ccc(Br)cc1OC(F)(F)F. The third-order valence-electron chi connectivity index (χ3n) is 2.85. The van der Waals surface area contributed by atoms with Crippen LogP contribution in [-0.4, -0.2) is 17.6 Å². The van der Waals surface area contributed by atoms with Gasteiger partial charge in [-0.2, -0.15) is 0 Å². The van der Waals surface area contributed by atoms with Crippen molar-refractivity contribution in [3.05, 3.63) is 58.6 Å². The van der Waals surface area contributed by atoms with E-state index in [1.807, 2.05) is 0 Å². The molecule has 0 heterocycles. The number of anilines is 1. The van der Waals surface area contributed by atoms with Gasteiger partial charge in [-0.05, 0) is 23.8 Å². The predicted octanol–water partition coefficient (Wildman–Crippen LogP) is 5.03. The molecule has 0 aromatic heterocycles. The zero-order valence-electron chi connectivity index (χ0n) is 11.5. The first-order chi connectivity index (χ1) is 10.8. The summed E-state index contributed by atoms with van der Waals surface area (Å²) < 4.78 is 41.9. The lowest BCUT2D eigenvalue weighted by atomic mass is 10.2. The van der Waals surface area contributed by atoms with Crippen molar-refractivity contribution < 1.29 is 27.8 Å². The number of hydrogen-bond acceptors (Lipinski definition) is 2. The van der Waals surface area contributed by atoms with E-state index in [-0.39, 0.29) is 12.2 Å². The van der Waals surface area contributed by atoms with E-state index in [2.05, 4.69) is 20.7 Å². The van der Waals surface area contributed by atoms with Crippen LogP contribution in [0.15, 0.2) is 53.0 Å². The summed E-state index contributed by atoms with van der Waals surface area (Å²) in [4.78, 5) is 12.3. The molecule has 0 spiro atoms. The van der Waals surface area contributed by atoms with Crippen LogP contribution in [-0.2, 0) is 6.54 Å². The molecule has 0 saturated carbocycles. The maximum atomic E-state index is 12.5. The number of nitrogens with zero attached hydrogens (tertiary/aromatic N) is 1. The van der Waals surface area contributed by atoms with Gasteiger partial charge in [0.25, 0.3) is 0 Å². The van der Waals surface area contributed by atoms with Crippen LogP contribution in [0.4, 0.5) is 23.7 Å². The van der Waals surface area contributed by atoms with Gasteiger partial charge in [-0.3, -0.25) is 4.90 Å². The average Bonchev–Trinajstić information content (AvgIpc) is 2.45. The Labute approximate surface area is 138 Å². The van der Waals surface area contributed by atoms with Gasteiger partial charge in [-0.25, -0.2) is 4.79 Å². The summed E-state index contributed by atoms with van der Waals surface area (Å²) in [6.45, 7) is -0.105. The minimum atomic E-state index is -4.92. The summed E-state index contributed by atoms with van der Waals surface area (Å²) in [5.74, 6) is -0.592. The van der Waals surface area contributed by atoms with E-state index >= 15 is 0 Å². The Balaban J connectivity index is 2.41. The first-order valence-electron chi connectivity index (χ1n) is 6.36. The molecule has 0 aliphatic heterocycles. The van der Waals surface area contributed by atoms with Crippen molar-refractivity contribution >= 4 is 27.7 Å². The van der Waals surface area contributed by atoms with Crippen molar-refractivity contribution in [2.75, 3.05) is 4.90 Å². The second-order valence-corrected chi connectivity index (χ2v) is 5.43. The number of alkyl halides is 3. The van der Waals surface area contributed by atoms with Crippen LogP contribution in [0.5, 0.6) is 5.75 Å². The Morgan fingerprint density at radius 2 is 1.83 bits per heavy atom. The second-order valence-electron chi connectivity index (χ2n) is 4.51. The maximum Gasteiger partial charge on any atom is 0.573 e. The van der Waals surface area contributed by atoms with E-state index in [9.17, 15) is 23.1 Å². The molecular formula is C15H11BrF3NO3. The van der Waals surface area contributed by atoms with Crippen LogP contribution in [0.2, 0.25) is 0 Å². The van der Waals surface area contributed by atoms with Crippen LogP contribution in [0, 0.1) is 0 Å². The number of rotatable bonds is 4. The van der Waals surface area contributed by atoms with Gasteiger partial charge in [-0.15, -0.1) is 13.2 Å². The molecular weight excluding hydrogens is 379 g/mol. The van der Waals surface area contributed by atoms with Gasteiger partial charge in [0.1, 0.15) is 0 Å². The maximum absolute atomic E-state index is 12.5. The molecule has 0 aliphatic carbocycles. The summed E-state index contributed by atoms with van der Waals surface area (Å²) in [5.41, 5.74) is 0.442. The van der Waals surface area contributed by atoms with Crippen molar-refractivity contribution in [1.29, 1.82) is 0 Å². The van der Waals surface area contributed by atoms with Gasteiger partial charge in [0, 0.05) is 4.47 Å². The number of ether oxygens (including phenoxy) is 1. The van der Waals surface area contributed by atoms with Gasteiger partial charge in [0.2, 0.25) is 0 Å². The highest BCUT2D eigenvalue weighted by molar-refractivity contribution is 9.10.